The van der Waals surface area contributed by atoms with Gasteiger partial charge in [-0.05, 0) is 23.8 Å². The van der Waals surface area contributed by atoms with Gasteiger partial charge in [0.25, 0.3) is 0 Å². The number of ether oxygens (including phenoxy) is 3. The second kappa shape index (κ2) is 8.84. The molecule has 0 amide bonds. The van der Waals surface area contributed by atoms with Crippen LogP contribution in [0.15, 0.2) is 54.9 Å². The van der Waals surface area contributed by atoms with E-state index < -0.39 is 5.97 Å². The number of aliphatic carboxylic acids is 1. The number of methoxy groups -OCH3 is 3. The Balaban J connectivity index is 1.70. The van der Waals surface area contributed by atoms with E-state index in [1.165, 1.54) is 0 Å². The Morgan fingerprint density at radius 3 is 2.47 bits per heavy atom. The molecule has 0 spiro atoms. The number of hydrogen-bond donors (Lipinski definition) is 2. The maximum absolute atomic E-state index is 11.1. The highest BCUT2D eigenvalue weighted by Gasteiger charge is 2.14. The molecule has 0 atom stereocenters. The minimum atomic E-state index is -0.876. The molecule has 32 heavy (non-hydrogen) atoms. The molecule has 4 aromatic rings. The molecule has 0 aliphatic heterocycles. The van der Waals surface area contributed by atoms with E-state index in [9.17, 15) is 4.79 Å². The van der Waals surface area contributed by atoms with Gasteiger partial charge in [0.1, 0.15) is 5.65 Å². The first-order chi connectivity index (χ1) is 15.5. The zero-order valence-corrected chi connectivity index (χ0v) is 17.8. The standard InChI is InChI=1S/C23H22N4O5/c1-30-18-11-16(12-19(31-2)21(18)32-3)25-23-24-13-15-7-8-27(22(15)26-23)17-6-4-5-14(9-17)10-20(28)29/h4-9,11-13H,10H2,1-3H3,(H,28,29)(H,24,25,26). The topological polar surface area (TPSA) is 108 Å². The van der Waals surface area contributed by atoms with E-state index in [-0.39, 0.29) is 6.42 Å². The van der Waals surface area contributed by atoms with Crippen molar-refractivity contribution in [3.05, 3.63) is 60.4 Å². The first kappa shape index (κ1) is 21.0. The van der Waals surface area contributed by atoms with Crippen LogP contribution >= 0.6 is 0 Å². The van der Waals surface area contributed by atoms with Crippen LogP contribution in [-0.2, 0) is 11.2 Å². The summed E-state index contributed by atoms with van der Waals surface area (Å²) in [6.45, 7) is 0. The smallest absolute Gasteiger partial charge is 0.307 e. The normalized spacial score (nSPS) is 10.7. The zero-order chi connectivity index (χ0) is 22.7. The molecule has 0 aliphatic rings. The third kappa shape index (κ3) is 4.13. The quantitative estimate of drug-likeness (QED) is 0.431. The number of carboxylic acid groups (broad SMARTS) is 1. The monoisotopic (exact) mass is 434 g/mol. The third-order valence-electron chi connectivity index (χ3n) is 4.89. The van der Waals surface area contributed by atoms with Crippen LogP contribution in [0.1, 0.15) is 5.56 Å². The molecule has 2 N–H and O–H groups in total. The molecule has 2 heterocycles. The minimum Gasteiger partial charge on any atom is -0.493 e. The van der Waals surface area contributed by atoms with Crippen LogP contribution in [0.3, 0.4) is 0 Å². The van der Waals surface area contributed by atoms with Crippen LogP contribution in [0.4, 0.5) is 11.6 Å². The van der Waals surface area contributed by atoms with Crippen molar-refractivity contribution in [2.75, 3.05) is 26.6 Å². The number of anilines is 2. The number of nitrogens with one attached hydrogen (secondary N) is 1. The average molecular weight is 434 g/mol. The molecule has 4 rings (SSSR count). The van der Waals surface area contributed by atoms with Gasteiger partial charge < -0.3 is 29.2 Å². The van der Waals surface area contributed by atoms with Crippen molar-refractivity contribution < 1.29 is 24.1 Å². The Morgan fingerprint density at radius 1 is 1.06 bits per heavy atom. The summed E-state index contributed by atoms with van der Waals surface area (Å²) in [7, 11) is 4.65. The van der Waals surface area contributed by atoms with Crippen molar-refractivity contribution >= 4 is 28.6 Å². The summed E-state index contributed by atoms with van der Waals surface area (Å²) in [6, 6.07) is 12.8. The van der Waals surface area contributed by atoms with E-state index in [4.69, 9.17) is 19.3 Å². The lowest BCUT2D eigenvalue weighted by Crippen LogP contribution is -2.03. The van der Waals surface area contributed by atoms with Crippen LogP contribution in [-0.4, -0.2) is 46.9 Å². The van der Waals surface area contributed by atoms with E-state index >= 15 is 0 Å². The minimum absolute atomic E-state index is 0.0457. The third-order valence-corrected chi connectivity index (χ3v) is 4.89. The molecule has 2 aromatic carbocycles. The largest absolute Gasteiger partial charge is 0.493 e. The maximum Gasteiger partial charge on any atom is 0.307 e. The summed E-state index contributed by atoms with van der Waals surface area (Å²) in [5.74, 6) is 1.02. The number of aromatic nitrogens is 3. The van der Waals surface area contributed by atoms with Gasteiger partial charge in [-0.25, -0.2) is 4.98 Å². The summed E-state index contributed by atoms with van der Waals surface area (Å²) in [4.78, 5) is 20.1. The summed E-state index contributed by atoms with van der Waals surface area (Å²) >= 11 is 0. The van der Waals surface area contributed by atoms with Gasteiger partial charge in [0.2, 0.25) is 11.7 Å². The molecule has 0 radical (unpaired) electrons. The highest BCUT2D eigenvalue weighted by Crippen LogP contribution is 2.40. The second-order valence-corrected chi connectivity index (χ2v) is 6.94. The fraction of sp³-hybridized carbons (Fsp3) is 0.174. The van der Waals surface area contributed by atoms with E-state index in [2.05, 4.69) is 15.3 Å². The van der Waals surface area contributed by atoms with E-state index in [0.717, 1.165) is 11.1 Å². The van der Waals surface area contributed by atoms with Crippen molar-refractivity contribution in [3.63, 3.8) is 0 Å². The van der Waals surface area contributed by atoms with Gasteiger partial charge in [-0.3, -0.25) is 4.79 Å². The summed E-state index contributed by atoms with van der Waals surface area (Å²) < 4.78 is 18.0. The van der Waals surface area contributed by atoms with Gasteiger partial charge >= 0.3 is 5.97 Å². The van der Waals surface area contributed by atoms with E-state index in [0.29, 0.717) is 40.1 Å². The van der Waals surface area contributed by atoms with Crippen molar-refractivity contribution in [1.29, 1.82) is 0 Å². The van der Waals surface area contributed by atoms with E-state index in [1.54, 1.807) is 45.7 Å². The molecule has 0 saturated heterocycles. The first-order valence-corrected chi connectivity index (χ1v) is 9.74. The number of carboxylic acids is 1. The maximum atomic E-state index is 11.1. The van der Waals surface area contributed by atoms with Gasteiger partial charge in [0.15, 0.2) is 11.5 Å². The zero-order valence-electron chi connectivity index (χ0n) is 17.8. The Morgan fingerprint density at radius 2 is 1.81 bits per heavy atom. The summed E-state index contributed by atoms with van der Waals surface area (Å²) in [6.07, 6.45) is 3.55. The number of rotatable bonds is 8. The van der Waals surface area contributed by atoms with Gasteiger partial charge in [-0.15, -0.1) is 0 Å². The molecule has 0 bridgehead atoms. The molecule has 0 fully saturated rings. The lowest BCUT2D eigenvalue weighted by molar-refractivity contribution is -0.136. The number of benzene rings is 2. The van der Waals surface area contributed by atoms with Gasteiger partial charge in [0, 0.05) is 41.3 Å². The molecular formula is C23H22N4O5. The van der Waals surface area contributed by atoms with Gasteiger partial charge in [-0.1, -0.05) is 12.1 Å². The first-order valence-electron chi connectivity index (χ1n) is 9.74. The van der Waals surface area contributed by atoms with E-state index in [1.807, 2.05) is 35.0 Å². The molecule has 0 aliphatic carbocycles. The Hall–Kier alpha value is -4.27. The lowest BCUT2D eigenvalue weighted by atomic mass is 10.1. The SMILES string of the molecule is COc1cc(Nc2ncc3ccn(-c4cccc(CC(=O)O)c4)c3n2)cc(OC)c1OC. The fourth-order valence-electron chi connectivity index (χ4n) is 3.46. The van der Waals surface area contributed by atoms with Crippen molar-refractivity contribution in [3.8, 4) is 22.9 Å². The van der Waals surface area contributed by atoms with Crippen LogP contribution < -0.4 is 19.5 Å². The van der Waals surface area contributed by atoms with Gasteiger partial charge in [0.05, 0.1) is 27.8 Å². The van der Waals surface area contributed by atoms with Gasteiger partial charge in [-0.2, -0.15) is 4.98 Å². The molecule has 0 saturated carbocycles. The molecule has 164 valence electrons. The Kier molecular flexibility index (Phi) is 5.80. The molecule has 2 aromatic heterocycles. The highest BCUT2D eigenvalue weighted by molar-refractivity contribution is 5.79. The number of fused-ring (bicyclic) bond motifs is 1. The summed E-state index contributed by atoms with van der Waals surface area (Å²) in [5.41, 5.74) is 2.88. The van der Waals surface area contributed by atoms with Crippen LogP contribution in [0.5, 0.6) is 17.2 Å². The second-order valence-electron chi connectivity index (χ2n) is 6.94. The molecule has 9 nitrogen and oxygen atoms in total. The van der Waals surface area contributed by atoms with Crippen LogP contribution in [0.25, 0.3) is 16.7 Å². The predicted octanol–water partition coefficient (Wildman–Crippen LogP) is 3.82. The molecule has 0 unspecified atom stereocenters. The number of carbonyl (C=O) groups is 1. The lowest BCUT2D eigenvalue weighted by Gasteiger charge is -2.14. The summed E-state index contributed by atoms with van der Waals surface area (Å²) in [5, 5.41) is 13.1. The molecular weight excluding hydrogens is 412 g/mol. The average Bonchev–Trinajstić information content (AvgIpc) is 3.21. The predicted molar refractivity (Wildman–Crippen MR) is 120 cm³/mol. The van der Waals surface area contributed by atoms with Crippen molar-refractivity contribution in [2.24, 2.45) is 0 Å². The van der Waals surface area contributed by atoms with Crippen LogP contribution in [0, 0.1) is 0 Å². The van der Waals surface area contributed by atoms with Crippen LogP contribution in [0.2, 0.25) is 0 Å². The highest BCUT2D eigenvalue weighted by atomic mass is 16.5. The van der Waals surface area contributed by atoms with Crippen molar-refractivity contribution in [2.45, 2.75) is 6.42 Å². The number of hydrogen-bond acceptors (Lipinski definition) is 7. The number of nitrogens with zero attached hydrogens (tertiary/aromatic N) is 3. The molecule has 9 heteroatoms. The Labute approximate surface area is 184 Å². The van der Waals surface area contributed by atoms with Crippen molar-refractivity contribution in [1.82, 2.24) is 14.5 Å². The Bertz CT molecular complexity index is 1260. The fourth-order valence-corrected chi connectivity index (χ4v) is 3.46.